The lowest BCUT2D eigenvalue weighted by atomic mass is 9.94. The number of primary amides is 1. The molecular weight excluding hydrogens is 495 g/mol. The number of hydrogen-bond donors (Lipinski definition) is 1. The molecule has 0 saturated heterocycles. The van der Waals surface area contributed by atoms with Gasteiger partial charge >= 0.3 is 6.18 Å². The number of nitrogens with zero attached hydrogens (tertiary/aromatic N) is 2. The maximum Gasteiger partial charge on any atom is 0.418 e. The molecule has 0 aliphatic carbocycles. The molecule has 0 aliphatic heterocycles. The van der Waals surface area contributed by atoms with Gasteiger partial charge in [0.1, 0.15) is 11.5 Å². The number of benzene rings is 3. The van der Waals surface area contributed by atoms with E-state index in [1.165, 1.54) is 50.5 Å². The number of rotatable bonds is 6. The Hall–Kier alpha value is -3.96. The molecule has 0 bridgehead atoms. The molecule has 186 valence electrons. The Kier molecular flexibility index (Phi) is 6.46. The van der Waals surface area contributed by atoms with Crippen LogP contribution in [0, 0.1) is 0 Å². The first kappa shape index (κ1) is 25.1. The molecule has 4 aromatic rings. The monoisotopic (exact) mass is 515 g/mol. The van der Waals surface area contributed by atoms with Crippen molar-refractivity contribution in [2.24, 2.45) is 5.73 Å². The highest BCUT2D eigenvalue weighted by molar-refractivity contribution is 7.89. The first-order valence-electron chi connectivity index (χ1n) is 10.5. The van der Waals surface area contributed by atoms with E-state index in [2.05, 4.69) is 4.98 Å². The minimum atomic E-state index is -4.65. The molecule has 7 nitrogen and oxygen atoms in total. The minimum absolute atomic E-state index is 0.0250. The number of ether oxygens (including phenoxy) is 1. The fraction of sp³-hybridized carbons (Fsp3) is 0.120. The number of para-hydroxylation sites is 1. The van der Waals surface area contributed by atoms with E-state index < -0.39 is 27.7 Å². The highest BCUT2D eigenvalue weighted by Crippen LogP contribution is 2.39. The first-order chi connectivity index (χ1) is 16.9. The average Bonchev–Trinajstić information content (AvgIpc) is 2.82. The summed E-state index contributed by atoms with van der Waals surface area (Å²) in [6, 6.07) is 15.8. The Morgan fingerprint density at radius 2 is 1.61 bits per heavy atom. The van der Waals surface area contributed by atoms with Crippen molar-refractivity contribution in [1.82, 2.24) is 9.29 Å². The van der Waals surface area contributed by atoms with E-state index >= 15 is 0 Å². The van der Waals surface area contributed by atoms with Gasteiger partial charge in [0.25, 0.3) is 5.91 Å². The largest absolute Gasteiger partial charge is 0.457 e. The second kappa shape index (κ2) is 9.25. The van der Waals surface area contributed by atoms with Crippen LogP contribution in [0.3, 0.4) is 0 Å². The summed E-state index contributed by atoms with van der Waals surface area (Å²) < 4.78 is 72.6. The van der Waals surface area contributed by atoms with Crippen LogP contribution in [0.1, 0.15) is 15.9 Å². The van der Waals surface area contributed by atoms with Crippen molar-refractivity contribution in [3.63, 3.8) is 0 Å². The molecule has 1 amide bonds. The number of alkyl halides is 3. The van der Waals surface area contributed by atoms with Crippen molar-refractivity contribution < 1.29 is 31.1 Å². The molecule has 11 heteroatoms. The molecule has 2 N–H and O–H groups in total. The van der Waals surface area contributed by atoms with Crippen LogP contribution < -0.4 is 10.5 Å². The number of halogens is 3. The number of pyridine rings is 1. The second-order valence-electron chi connectivity index (χ2n) is 8.00. The van der Waals surface area contributed by atoms with E-state index in [1.807, 2.05) is 0 Å². The van der Waals surface area contributed by atoms with Gasteiger partial charge in [-0.3, -0.25) is 9.78 Å². The van der Waals surface area contributed by atoms with E-state index in [9.17, 15) is 26.4 Å². The van der Waals surface area contributed by atoms with Crippen molar-refractivity contribution in [1.29, 1.82) is 0 Å². The van der Waals surface area contributed by atoms with Gasteiger partial charge in [0, 0.05) is 37.3 Å². The van der Waals surface area contributed by atoms with Gasteiger partial charge in [-0.05, 0) is 35.9 Å². The van der Waals surface area contributed by atoms with Crippen molar-refractivity contribution in [3.05, 3.63) is 84.1 Å². The quantitative estimate of drug-likeness (QED) is 0.387. The third-order valence-corrected chi connectivity index (χ3v) is 7.22. The molecule has 0 atom stereocenters. The Morgan fingerprint density at radius 1 is 0.972 bits per heavy atom. The van der Waals surface area contributed by atoms with Gasteiger partial charge in [-0.1, -0.05) is 30.3 Å². The lowest BCUT2D eigenvalue weighted by molar-refractivity contribution is -0.136. The summed E-state index contributed by atoms with van der Waals surface area (Å²) in [5, 5.41) is 0.0948. The summed E-state index contributed by atoms with van der Waals surface area (Å²) in [6.45, 7) is 0. The highest BCUT2D eigenvalue weighted by atomic mass is 32.2. The molecule has 1 heterocycles. The topological polar surface area (TPSA) is 103 Å². The Balaban J connectivity index is 1.83. The smallest absolute Gasteiger partial charge is 0.418 e. The number of amides is 1. The normalized spacial score (nSPS) is 12.2. The molecule has 1 aromatic heterocycles. The molecule has 36 heavy (non-hydrogen) atoms. The van der Waals surface area contributed by atoms with Gasteiger partial charge in [0.15, 0.2) is 0 Å². The van der Waals surface area contributed by atoms with Crippen LogP contribution in [0.15, 0.2) is 77.8 Å². The van der Waals surface area contributed by atoms with Crippen molar-refractivity contribution in [2.45, 2.75) is 11.1 Å². The van der Waals surface area contributed by atoms with Crippen LogP contribution in [0.25, 0.3) is 22.0 Å². The van der Waals surface area contributed by atoms with Gasteiger partial charge in [-0.15, -0.1) is 0 Å². The van der Waals surface area contributed by atoms with Crippen molar-refractivity contribution >= 4 is 26.8 Å². The predicted molar refractivity (Wildman–Crippen MR) is 128 cm³/mol. The number of aromatic nitrogens is 1. The Bertz CT molecular complexity index is 1590. The number of fused-ring (bicyclic) bond motifs is 1. The molecule has 0 saturated carbocycles. The van der Waals surface area contributed by atoms with Crippen LogP contribution in [-0.2, 0) is 16.2 Å². The van der Waals surface area contributed by atoms with Gasteiger partial charge in [0.2, 0.25) is 10.0 Å². The van der Waals surface area contributed by atoms with Crippen LogP contribution in [0.5, 0.6) is 11.5 Å². The number of carbonyl (C=O) groups excluding carboxylic acids is 1. The number of carbonyl (C=O) groups is 1. The van der Waals surface area contributed by atoms with E-state index in [4.69, 9.17) is 10.5 Å². The maximum atomic E-state index is 13.6. The van der Waals surface area contributed by atoms with Gasteiger partial charge < -0.3 is 10.5 Å². The third kappa shape index (κ3) is 4.75. The molecule has 0 fully saturated rings. The Morgan fingerprint density at radius 3 is 2.25 bits per heavy atom. The van der Waals surface area contributed by atoms with Crippen LogP contribution in [0.4, 0.5) is 13.2 Å². The van der Waals surface area contributed by atoms with Crippen LogP contribution >= 0.6 is 0 Å². The maximum absolute atomic E-state index is 13.6. The molecule has 0 radical (unpaired) electrons. The SMILES string of the molecule is CN(C)S(=O)(=O)c1cccc(Oc2cccc(-c3c(C(N)=O)cnc4c(C(F)(F)F)cccc34)c2)c1. The number of sulfonamides is 1. The standard InChI is InChI=1S/C25H20F3N3O4S/c1-31(2)36(33,34)18-9-4-8-17(13-18)35-16-7-3-6-15(12-16)22-19-10-5-11-21(25(26,27)28)23(19)30-14-20(22)24(29)32/h3-14H,1-2H3,(H2,29,32). The van der Waals surface area contributed by atoms with Crippen molar-refractivity contribution in [2.75, 3.05) is 14.1 Å². The van der Waals surface area contributed by atoms with Crippen LogP contribution in [-0.4, -0.2) is 37.7 Å². The molecule has 0 spiro atoms. The fourth-order valence-corrected chi connectivity index (χ4v) is 4.65. The summed E-state index contributed by atoms with van der Waals surface area (Å²) in [5.74, 6) is -0.367. The predicted octanol–water partition coefficient (Wildman–Crippen LogP) is 5.06. The van der Waals surface area contributed by atoms with E-state index in [1.54, 1.807) is 24.3 Å². The fourth-order valence-electron chi connectivity index (χ4n) is 3.71. The van der Waals surface area contributed by atoms with Gasteiger partial charge in [-0.25, -0.2) is 12.7 Å². The first-order valence-corrected chi connectivity index (χ1v) is 11.9. The zero-order valence-corrected chi connectivity index (χ0v) is 19.9. The summed E-state index contributed by atoms with van der Waals surface area (Å²) in [4.78, 5) is 16.1. The second-order valence-corrected chi connectivity index (χ2v) is 10.2. The molecule has 0 unspecified atom stereocenters. The van der Waals surface area contributed by atoms with E-state index in [0.29, 0.717) is 5.56 Å². The van der Waals surface area contributed by atoms with E-state index in [0.717, 1.165) is 16.6 Å². The summed E-state index contributed by atoms with van der Waals surface area (Å²) >= 11 is 0. The summed E-state index contributed by atoms with van der Waals surface area (Å²) in [5.41, 5.74) is 4.74. The average molecular weight is 516 g/mol. The van der Waals surface area contributed by atoms with Gasteiger partial charge in [0.05, 0.1) is 21.5 Å². The molecule has 4 rings (SSSR count). The Labute approximate surface area is 205 Å². The summed E-state index contributed by atoms with van der Waals surface area (Å²) in [7, 11) is -0.878. The molecular formula is C25H20F3N3O4S. The lowest BCUT2D eigenvalue weighted by Crippen LogP contribution is -2.22. The molecule has 0 aliphatic rings. The van der Waals surface area contributed by atoms with Gasteiger partial charge in [-0.2, -0.15) is 13.2 Å². The highest BCUT2D eigenvalue weighted by Gasteiger charge is 2.34. The lowest BCUT2D eigenvalue weighted by Gasteiger charge is -2.16. The van der Waals surface area contributed by atoms with E-state index in [-0.39, 0.29) is 38.4 Å². The third-order valence-electron chi connectivity index (χ3n) is 5.41. The number of hydrogen-bond acceptors (Lipinski definition) is 5. The zero-order chi connectivity index (χ0) is 26.3. The number of nitrogens with two attached hydrogens (primary N) is 1. The molecule has 3 aromatic carbocycles. The van der Waals surface area contributed by atoms with Crippen molar-refractivity contribution in [3.8, 4) is 22.6 Å². The minimum Gasteiger partial charge on any atom is -0.457 e. The zero-order valence-electron chi connectivity index (χ0n) is 19.1. The van der Waals surface area contributed by atoms with Crippen LogP contribution in [0.2, 0.25) is 0 Å². The summed E-state index contributed by atoms with van der Waals surface area (Å²) in [6.07, 6.45) is -3.63.